The normalized spacial score (nSPS) is 12.6. The third kappa shape index (κ3) is 2.82. The maximum atomic E-state index is 12.5. The van der Waals surface area contributed by atoms with Crippen LogP contribution in [0.4, 0.5) is 5.82 Å². The minimum absolute atomic E-state index is 0.00543. The largest absolute Gasteiger partial charge is 0.396 e. The predicted octanol–water partition coefficient (Wildman–Crippen LogP) is -0.216. The molecule has 1 heterocycles. The van der Waals surface area contributed by atoms with Gasteiger partial charge in [0.25, 0.3) is 10.0 Å². The molecule has 1 aromatic rings. The molecule has 0 aliphatic heterocycles. The van der Waals surface area contributed by atoms with Gasteiger partial charge in [0, 0.05) is 26.2 Å². The number of nitrogens with two attached hydrogens (primary N) is 1. The highest BCUT2D eigenvalue weighted by Crippen LogP contribution is 2.22. The number of hydrogen-bond donors (Lipinski definition) is 2. The fourth-order valence-electron chi connectivity index (χ4n) is 1.74. The van der Waals surface area contributed by atoms with Crippen LogP contribution in [0.2, 0.25) is 0 Å². The maximum absolute atomic E-state index is 12.5. The molecule has 0 bridgehead atoms. The molecular formula is C10H20N4O3S. The van der Waals surface area contributed by atoms with E-state index >= 15 is 0 Å². The fourth-order valence-corrected chi connectivity index (χ4v) is 3.62. The molecule has 0 amide bonds. The molecule has 7 nitrogen and oxygen atoms in total. The standard InChI is InChI=1S/C10H20N4O3S/c1-8(2)14(5-4-6-15)18(16,17)10-9(11)12-7-13(10)3/h7-8,15H,4-6,11H2,1-3H3. The lowest BCUT2D eigenvalue weighted by atomic mass is 10.3. The lowest BCUT2D eigenvalue weighted by Crippen LogP contribution is -2.39. The molecule has 104 valence electrons. The number of nitrogen functional groups attached to an aromatic ring is 1. The van der Waals surface area contributed by atoms with Gasteiger partial charge in [0.15, 0.2) is 10.8 Å². The van der Waals surface area contributed by atoms with E-state index in [4.69, 9.17) is 10.8 Å². The maximum Gasteiger partial charge on any atom is 0.262 e. The van der Waals surface area contributed by atoms with Gasteiger partial charge in [-0.3, -0.25) is 0 Å². The van der Waals surface area contributed by atoms with Crippen LogP contribution in [0.15, 0.2) is 11.4 Å². The Kier molecular flexibility index (Phi) is 4.71. The SMILES string of the molecule is CC(C)N(CCCO)S(=O)(=O)c1c(N)ncn1C. The molecule has 0 atom stereocenters. The van der Waals surface area contributed by atoms with Gasteiger partial charge in [0.05, 0.1) is 6.33 Å². The second-order valence-electron chi connectivity index (χ2n) is 4.33. The molecule has 0 aliphatic rings. The Labute approximate surface area is 107 Å². The molecule has 0 fully saturated rings. The predicted molar refractivity (Wildman–Crippen MR) is 68.4 cm³/mol. The minimum Gasteiger partial charge on any atom is -0.396 e. The Morgan fingerprint density at radius 2 is 2.17 bits per heavy atom. The van der Waals surface area contributed by atoms with Crippen LogP contribution in [0.3, 0.4) is 0 Å². The van der Waals surface area contributed by atoms with E-state index in [2.05, 4.69) is 4.98 Å². The van der Waals surface area contributed by atoms with Gasteiger partial charge in [0.1, 0.15) is 0 Å². The molecule has 8 heteroatoms. The zero-order valence-corrected chi connectivity index (χ0v) is 11.7. The number of nitrogens with zero attached hydrogens (tertiary/aromatic N) is 3. The van der Waals surface area contributed by atoms with Gasteiger partial charge in [-0.05, 0) is 20.3 Å². The van der Waals surface area contributed by atoms with Crippen molar-refractivity contribution < 1.29 is 13.5 Å². The molecule has 3 N–H and O–H groups in total. The third-order valence-corrected chi connectivity index (χ3v) is 4.78. The lowest BCUT2D eigenvalue weighted by Gasteiger charge is -2.25. The van der Waals surface area contributed by atoms with Crippen LogP contribution >= 0.6 is 0 Å². The summed E-state index contributed by atoms with van der Waals surface area (Å²) in [7, 11) is -2.11. The first kappa shape index (κ1) is 14.9. The van der Waals surface area contributed by atoms with Gasteiger partial charge in [-0.25, -0.2) is 13.4 Å². The summed E-state index contributed by atoms with van der Waals surface area (Å²) in [6.07, 6.45) is 1.75. The van der Waals surface area contributed by atoms with Crippen LogP contribution in [-0.4, -0.2) is 46.6 Å². The summed E-state index contributed by atoms with van der Waals surface area (Å²) in [6.45, 7) is 3.75. The van der Waals surface area contributed by atoms with Crippen LogP contribution in [-0.2, 0) is 17.1 Å². The molecule has 1 aromatic heterocycles. The van der Waals surface area contributed by atoms with E-state index in [1.807, 2.05) is 0 Å². The van der Waals surface area contributed by atoms with Crippen molar-refractivity contribution >= 4 is 15.8 Å². The molecule has 0 spiro atoms. The lowest BCUT2D eigenvalue weighted by molar-refractivity contribution is 0.258. The summed E-state index contributed by atoms with van der Waals surface area (Å²) in [4.78, 5) is 3.79. The quantitative estimate of drug-likeness (QED) is 0.748. The highest BCUT2D eigenvalue weighted by Gasteiger charge is 2.31. The second kappa shape index (κ2) is 5.68. The molecule has 1 rings (SSSR count). The van der Waals surface area contributed by atoms with Crippen molar-refractivity contribution in [3.05, 3.63) is 6.33 Å². The van der Waals surface area contributed by atoms with E-state index in [0.717, 1.165) is 0 Å². The van der Waals surface area contributed by atoms with Gasteiger partial charge in [-0.15, -0.1) is 0 Å². The Bertz CT molecular complexity index is 476. The second-order valence-corrected chi connectivity index (χ2v) is 6.14. The number of rotatable bonds is 6. The number of sulfonamides is 1. The van der Waals surface area contributed by atoms with Crippen molar-refractivity contribution in [1.82, 2.24) is 13.9 Å². The highest BCUT2D eigenvalue weighted by atomic mass is 32.2. The fraction of sp³-hybridized carbons (Fsp3) is 0.700. The van der Waals surface area contributed by atoms with Crippen molar-refractivity contribution in [3.8, 4) is 0 Å². The summed E-state index contributed by atoms with van der Waals surface area (Å²) in [6, 6.07) is -0.212. The Balaban J connectivity index is 3.17. The summed E-state index contributed by atoms with van der Waals surface area (Å²) < 4.78 is 27.7. The Hall–Kier alpha value is -1.12. The molecule has 0 saturated heterocycles. The Morgan fingerprint density at radius 1 is 1.56 bits per heavy atom. The summed E-state index contributed by atoms with van der Waals surface area (Å²) in [5.74, 6) is -0.00727. The van der Waals surface area contributed by atoms with Gasteiger partial charge in [-0.1, -0.05) is 0 Å². The molecule has 0 unspecified atom stereocenters. The van der Waals surface area contributed by atoms with Crippen LogP contribution < -0.4 is 5.73 Å². The van der Waals surface area contributed by atoms with Crippen molar-refractivity contribution in [1.29, 1.82) is 0 Å². The topological polar surface area (TPSA) is 101 Å². The van der Waals surface area contributed by atoms with Crippen LogP contribution in [0.5, 0.6) is 0 Å². The van der Waals surface area contributed by atoms with E-state index in [-0.39, 0.29) is 30.0 Å². The monoisotopic (exact) mass is 276 g/mol. The first-order chi connectivity index (χ1) is 8.32. The summed E-state index contributed by atoms with van der Waals surface area (Å²) in [5, 5.41) is 8.83. The van der Waals surface area contributed by atoms with E-state index in [9.17, 15) is 8.42 Å². The molecule has 0 aromatic carbocycles. The van der Waals surface area contributed by atoms with Crippen LogP contribution in [0, 0.1) is 0 Å². The Morgan fingerprint density at radius 3 is 2.56 bits per heavy atom. The zero-order chi connectivity index (χ0) is 13.9. The molecule has 18 heavy (non-hydrogen) atoms. The molecule has 0 aliphatic carbocycles. The number of aliphatic hydroxyl groups excluding tert-OH is 1. The summed E-state index contributed by atoms with van der Waals surface area (Å²) in [5.41, 5.74) is 5.61. The van der Waals surface area contributed by atoms with Crippen molar-refractivity contribution in [3.63, 3.8) is 0 Å². The van der Waals surface area contributed by atoms with E-state index in [1.54, 1.807) is 20.9 Å². The van der Waals surface area contributed by atoms with Crippen LogP contribution in [0.1, 0.15) is 20.3 Å². The smallest absolute Gasteiger partial charge is 0.262 e. The first-order valence-corrected chi connectivity index (χ1v) is 7.15. The van der Waals surface area contributed by atoms with E-state index in [0.29, 0.717) is 6.42 Å². The number of anilines is 1. The van der Waals surface area contributed by atoms with E-state index < -0.39 is 10.0 Å². The highest BCUT2D eigenvalue weighted by molar-refractivity contribution is 7.89. The number of aliphatic hydroxyl groups is 1. The van der Waals surface area contributed by atoms with Gasteiger partial charge >= 0.3 is 0 Å². The number of aromatic nitrogens is 2. The van der Waals surface area contributed by atoms with Gasteiger partial charge in [-0.2, -0.15) is 4.31 Å². The van der Waals surface area contributed by atoms with Gasteiger partial charge in [0.2, 0.25) is 0 Å². The van der Waals surface area contributed by atoms with Gasteiger partial charge < -0.3 is 15.4 Å². The van der Waals surface area contributed by atoms with Crippen LogP contribution in [0.25, 0.3) is 0 Å². The number of imidazole rings is 1. The summed E-state index contributed by atoms with van der Waals surface area (Å²) >= 11 is 0. The average molecular weight is 276 g/mol. The van der Waals surface area contributed by atoms with Crippen molar-refractivity contribution in [2.45, 2.75) is 31.3 Å². The third-order valence-electron chi connectivity index (χ3n) is 2.58. The number of aryl methyl sites for hydroxylation is 1. The molecule has 0 saturated carbocycles. The van der Waals surface area contributed by atoms with E-state index in [1.165, 1.54) is 15.2 Å². The molecular weight excluding hydrogens is 256 g/mol. The van der Waals surface area contributed by atoms with Crippen molar-refractivity contribution in [2.75, 3.05) is 18.9 Å². The minimum atomic E-state index is -3.69. The average Bonchev–Trinajstić information content (AvgIpc) is 2.58. The first-order valence-electron chi connectivity index (χ1n) is 5.71. The number of hydrogen-bond acceptors (Lipinski definition) is 5. The zero-order valence-electron chi connectivity index (χ0n) is 10.9. The van der Waals surface area contributed by atoms with Crippen molar-refractivity contribution in [2.24, 2.45) is 7.05 Å². The molecule has 0 radical (unpaired) electrons.